The second-order valence-corrected chi connectivity index (χ2v) is 5.38. The first-order chi connectivity index (χ1) is 8.35. The lowest BCUT2D eigenvalue weighted by molar-refractivity contribution is 0.340. The van der Waals surface area contributed by atoms with Crippen LogP contribution < -0.4 is 0 Å². The Balaban J connectivity index is 0. The lowest BCUT2D eigenvalue weighted by atomic mass is 10.1. The number of hydrogen-bond donors (Lipinski definition) is 0. The summed E-state index contributed by atoms with van der Waals surface area (Å²) >= 11 is 5.55. The minimum atomic E-state index is 0. The summed E-state index contributed by atoms with van der Waals surface area (Å²) in [7, 11) is 0. The molecule has 1 aliphatic heterocycles. The topological polar surface area (TPSA) is 3.24 Å². The summed E-state index contributed by atoms with van der Waals surface area (Å²) in [4.78, 5) is 2.49. The zero-order valence-corrected chi connectivity index (χ0v) is 14.0. The number of alkyl halides is 1. The first kappa shape index (κ1) is 20.8. The summed E-state index contributed by atoms with van der Waals surface area (Å²) in [5, 5.41) is 0. The minimum absolute atomic E-state index is 0. The van der Waals surface area contributed by atoms with Crippen molar-refractivity contribution in [2.75, 3.05) is 25.5 Å². The third kappa shape index (κ3) is 14.6. The number of rotatable bonds is 8. The SMILES string of the molecule is CCCCCCCC.Cl.ClCCCN1CCCC1. The van der Waals surface area contributed by atoms with Gasteiger partial charge in [-0.3, -0.25) is 0 Å². The highest BCUT2D eigenvalue weighted by molar-refractivity contribution is 6.17. The molecule has 0 saturated carbocycles. The monoisotopic (exact) mass is 297 g/mol. The highest BCUT2D eigenvalue weighted by atomic mass is 35.5. The second-order valence-electron chi connectivity index (χ2n) is 5.01. The Hall–Kier alpha value is 0.540. The fraction of sp³-hybridized carbons (Fsp3) is 1.00. The van der Waals surface area contributed by atoms with E-state index in [9.17, 15) is 0 Å². The number of hydrogen-bond acceptors (Lipinski definition) is 1. The van der Waals surface area contributed by atoms with Crippen molar-refractivity contribution in [1.82, 2.24) is 4.90 Å². The molecule has 0 aromatic carbocycles. The predicted octanol–water partition coefficient (Wildman–Crippen LogP) is 5.50. The summed E-state index contributed by atoms with van der Waals surface area (Å²) in [6, 6.07) is 0. The van der Waals surface area contributed by atoms with Crippen LogP contribution in [-0.2, 0) is 0 Å². The van der Waals surface area contributed by atoms with E-state index in [-0.39, 0.29) is 12.4 Å². The Morgan fingerprint density at radius 1 is 0.833 bits per heavy atom. The van der Waals surface area contributed by atoms with E-state index in [1.54, 1.807) is 0 Å². The molecule has 1 saturated heterocycles. The Morgan fingerprint density at radius 2 is 1.33 bits per heavy atom. The number of halogens is 2. The average Bonchev–Trinajstić information content (AvgIpc) is 2.86. The smallest absolute Gasteiger partial charge is 0.0235 e. The van der Waals surface area contributed by atoms with Crippen molar-refractivity contribution in [2.45, 2.75) is 71.6 Å². The molecular weight excluding hydrogens is 265 g/mol. The van der Waals surface area contributed by atoms with Gasteiger partial charge in [0.2, 0.25) is 0 Å². The molecule has 0 radical (unpaired) electrons. The van der Waals surface area contributed by atoms with Crippen LogP contribution in [0.2, 0.25) is 0 Å². The summed E-state index contributed by atoms with van der Waals surface area (Å²) < 4.78 is 0. The molecule has 1 fully saturated rings. The van der Waals surface area contributed by atoms with Crippen molar-refractivity contribution in [2.24, 2.45) is 0 Å². The molecule has 0 aromatic heterocycles. The first-order valence-electron chi connectivity index (χ1n) is 7.63. The van der Waals surface area contributed by atoms with Crippen LogP contribution in [0.15, 0.2) is 0 Å². The van der Waals surface area contributed by atoms with Crippen LogP contribution >= 0.6 is 24.0 Å². The van der Waals surface area contributed by atoms with Gasteiger partial charge in [0, 0.05) is 5.88 Å². The highest BCUT2D eigenvalue weighted by Gasteiger charge is 2.09. The molecule has 1 nitrogen and oxygen atoms in total. The van der Waals surface area contributed by atoms with E-state index in [4.69, 9.17) is 11.6 Å². The van der Waals surface area contributed by atoms with Gasteiger partial charge in [0.05, 0.1) is 0 Å². The van der Waals surface area contributed by atoms with E-state index in [0.717, 1.165) is 12.3 Å². The molecule has 1 rings (SSSR count). The van der Waals surface area contributed by atoms with Gasteiger partial charge in [-0.15, -0.1) is 24.0 Å². The molecule has 0 aliphatic carbocycles. The van der Waals surface area contributed by atoms with E-state index < -0.39 is 0 Å². The lowest BCUT2D eigenvalue weighted by Gasteiger charge is -2.12. The molecule has 1 aliphatic rings. The maximum absolute atomic E-state index is 5.55. The van der Waals surface area contributed by atoms with Gasteiger partial charge in [0.15, 0.2) is 0 Å². The van der Waals surface area contributed by atoms with Gasteiger partial charge in [0.25, 0.3) is 0 Å². The highest BCUT2D eigenvalue weighted by Crippen LogP contribution is 2.07. The maximum atomic E-state index is 5.55. The molecule has 0 bridgehead atoms. The van der Waals surface area contributed by atoms with Crippen molar-refractivity contribution >= 4 is 24.0 Å². The molecule has 0 unspecified atom stereocenters. The molecular formula is C15H33Cl2N. The third-order valence-corrected chi connectivity index (χ3v) is 3.53. The normalized spacial score (nSPS) is 14.8. The fourth-order valence-electron chi connectivity index (χ4n) is 2.14. The fourth-order valence-corrected chi connectivity index (χ4v) is 2.26. The van der Waals surface area contributed by atoms with Gasteiger partial charge in [0.1, 0.15) is 0 Å². The van der Waals surface area contributed by atoms with Crippen LogP contribution in [0.25, 0.3) is 0 Å². The summed E-state index contributed by atoms with van der Waals surface area (Å²) in [5.74, 6) is 0.816. The van der Waals surface area contributed by atoms with Gasteiger partial charge in [-0.2, -0.15) is 0 Å². The average molecular weight is 298 g/mol. The molecule has 1 heterocycles. The van der Waals surface area contributed by atoms with Gasteiger partial charge >= 0.3 is 0 Å². The largest absolute Gasteiger partial charge is 0.303 e. The standard InChI is InChI=1S/C8H18.C7H14ClN.ClH/c1-3-5-7-8-6-4-2;8-4-3-7-9-5-1-2-6-9;/h3-8H2,1-2H3;1-7H2;1H. The van der Waals surface area contributed by atoms with Crippen molar-refractivity contribution in [1.29, 1.82) is 0 Å². The quantitative estimate of drug-likeness (QED) is 0.422. The Morgan fingerprint density at radius 3 is 1.72 bits per heavy atom. The van der Waals surface area contributed by atoms with Crippen LogP contribution in [-0.4, -0.2) is 30.4 Å². The van der Waals surface area contributed by atoms with Gasteiger partial charge in [-0.1, -0.05) is 52.4 Å². The zero-order chi connectivity index (χ0) is 12.8. The number of unbranched alkanes of at least 4 members (excludes halogenated alkanes) is 5. The van der Waals surface area contributed by atoms with E-state index in [2.05, 4.69) is 18.7 Å². The van der Waals surface area contributed by atoms with E-state index in [0.29, 0.717) is 0 Å². The van der Waals surface area contributed by atoms with Crippen LogP contribution in [0.3, 0.4) is 0 Å². The van der Waals surface area contributed by atoms with Gasteiger partial charge in [-0.05, 0) is 38.9 Å². The van der Waals surface area contributed by atoms with Crippen LogP contribution in [0.5, 0.6) is 0 Å². The maximum Gasteiger partial charge on any atom is 0.0235 e. The first-order valence-corrected chi connectivity index (χ1v) is 8.16. The molecule has 0 atom stereocenters. The predicted molar refractivity (Wildman–Crippen MR) is 87.3 cm³/mol. The Labute approximate surface area is 126 Å². The zero-order valence-electron chi connectivity index (χ0n) is 12.4. The number of likely N-dealkylation sites (tertiary alicyclic amines) is 1. The van der Waals surface area contributed by atoms with Crippen molar-refractivity contribution in [3.05, 3.63) is 0 Å². The third-order valence-electron chi connectivity index (χ3n) is 3.26. The summed E-state index contributed by atoms with van der Waals surface area (Å²) in [6.07, 6.45) is 12.4. The molecule has 0 amide bonds. The summed E-state index contributed by atoms with van der Waals surface area (Å²) in [6.45, 7) is 8.33. The van der Waals surface area contributed by atoms with E-state index in [1.807, 2.05) is 0 Å². The van der Waals surface area contributed by atoms with Gasteiger partial charge in [-0.25, -0.2) is 0 Å². The molecule has 112 valence electrons. The molecule has 18 heavy (non-hydrogen) atoms. The van der Waals surface area contributed by atoms with E-state index in [1.165, 1.54) is 71.0 Å². The molecule has 3 heteroatoms. The van der Waals surface area contributed by atoms with Crippen LogP contribution in [0, 0.1) is 0 Å². The van der Waals surface area contributed by atoms with Crippen molar-refractivity contribution in [3.63, 3.8) is 0 Å². The second kappa shape index (κ2) is 17.5. The number of nitrogens with zero attached hydrogens (tertiary/aromatic N) is 1. The Kier molecular flexibility index (Phi) is 20.3. The Bertz CT molecular complexity index is 130. The van der Waals surface area contributed by atoms with Crippen molar-refractivity contribution < 1.29 is 0 Å². The van der Waals surface area contributed by atoms with Gasteiger partial charge < -0.3 is 4.90 Å². The van der Waals surface area contributed by atoms with Crippen LogP contribution in [0.4, 0.5) is 0 Å². The van der Waals surface area contributed by atoms with E-state index >= 15 is 0 Å². The minimum Gasteiger partial charge on any atom is -0.303 e. The molecule has 0 aromatic rings. The summed E-state index contributed by atoms with van der Waals surface area (Å²) in [5.41, 5.74) is 0. The molecule has 0 spiro atoms. The van der Waals surface area contributed by atoms with Crippen LogP contribution in [0.1, 0.15) is 71.6 Å². The van der Waals surface area contributed by atoms with Crippen molar-refractivity contribution in [3.8, 4) is 0 Å². The lowest BCUT2D eigenvalue weighted by Crippen LogP contribution is -2.20. The molecule has 0 N–H and O–H groups in total.